The molecule has 224 valence electrons. The summed E-state index contributed by atoms with van der Waals surface area (Å²) in [5.74, 6) is -3.58. The molecule has 0 aromatic carbocycles. The number of hydrogen-bond acceptors (Lipinski definition) is 7. The normalized spacial score (nSPS) is 18.0. The Hall–Kier alpha value is -3.24. The lowest BCUT2D eigenvalue weighted by atomic mass is 9.98. The molecule has 0 bridgehead atoms. The van der Waals surface area contributed by atoms with Crippen molar-refractivity contribution < 1.29 is 55.6 Å². The number of halogens is 6. The average Bonchev–Trinajstić information content (AvgIpc) is 3.30. The van der Waals surface area contributed by atoms with E-state index in [4.69, 9.17) is 34.3 Å². The van der Waals surface area contributed by atoms with Gasteiger partial charge in [-0.25, -0.2) is 14.6 Å². The fourth-order valence-corrected chi connectivity index (χ4v) is 3.98. The van der Waals surface area contributed by atoms with Gasteiger partial charge in [-0.2, -0.15) is 26.3 Å². The summed E-state index contributed by atoms with van der Waals surface area (Å²) in [6, 6.07) is 4.34. The monoisotopic (exact) mass is 584 g/mol. The van der Waals surface area contributed by atoms with Gasteiger partial charge in [-0.3, -0.25) is 9.88 Å². The molecule has 1 saturated heterocycles. The van der Waals surface area contributed by atoms with Gasteiger partial charge < -0.3 is 24.3 Å². The van der Waals surface area contributed by atoms with Crippen molar-refractivity contribution in [1.29, 1.82) is 0 Å². The molecule has 0 spiro atoms. The average molecular weight is 585 g/mol. The molecule has 4 heterocycles. The predicted molar refractivity (Wildman–Crippen MR) is 126 cm³/mol. The highest BCUT2D eigenvalue weighted by Crippen LogP contribution is 2.28. The summed E-state index contributed by atoms with van der Waals surface area (Å²) in [5.41, 5.74) is 2.32. The highest BCUT2D eigenvalue weighted by Gasteiger charge is 2.39. The summed E-state index contributed by atoms with van der Waals surface area (Å²) in [6.45, 7) is 8.55. The van der Waals surface area contributed by atoms with E-state index in [9.17, 15) is 26.3 Å². The number of aromatic nitrogens is 3. The first-order chi connectivity index (χ1) is 18.7. The van der Waals surface area contributed by atoms with Crippen molar-refractivity contribution >= 4 is 11.9 Å². The van der Waals surface area contributed by atoms with Gasteiger partial charge in [0.1, 0.15) is 5.82 Å². The number of fused-ring (bicyclic) bond motifs is 1. The van der Waals surface area contributed by atoms with Crippen molar-refractivity contribution in [3.05, 3.63) is 47.8 Å². The van der Waals surface area contributed by atoms with Gasteiger partial charge in [0.05, 0.1) is 31.1 Å². The third-order valence-corrected chi connectivity index (χ3v) is 6.09. The molecule has 0 saturated carbocycles. The van der Waals surface area contributed by atoms with E-state index >= 15 is 0 Å². The van der Waals surface area contributed by atoms with E-state index in [1.165, 1.54) is 24.4 Å². The second-order valence-electron chi connectivity index (χ2n) is 8.94. The Bertz CT molecular complexity index is 1050. The fourth-order valence-electron chi connectivity index (χ4n) is 3.98. The van der Waals surface area contributed by atoms with E-state index in [2.05, 4.69) is 21.4 Å². The van der Waals surface area contributed by atoms with Gasteiger partial charge >= 0.3 is 24.3 Å². The predicted octanol–water partition coefficient (Wildman–Crippen LogP) is 4.06. The largest absolute Gasteiger partial charge is 0.490 e. The molecule has 0 amide bonds. The molecule has 0 aliphatic carbocycles. The molecule has 40 heavy (non-hydrogen) atoms. The molecule has 0 radical (unpaired) electrons. The van der Waals surface area contributed by atoms with Gasteiger partial charge in [0.2, 0.25) is 0 Å². The smallest absolute Gasteiger partial charge is 0.475 e. The van der Waals surface area contributed by atoms with Crippen molar-refractivity contribution in [3.63, 3.8) is 0 Å². The zero-order chi connectivity index (χ0) is 29.9. The summed E-state index contributed by atoms with van der Waals surface area (Å²) >= 11 is 0. The van der Waals surface area contributed by atoms with Crippen LogP contribution in [0.15, 0.2) is 30.7 Å². The summed E-state index contributed by atoms with van der Waals surface area (Å²) in [4.78, 5) is 29.1. The third kappa shape index (κ3) is 10.7. The van der Waals surface area contributed by atoms with Crippen LogP contribution in [-0.2, 0) is 38.8 Å². The molecule has 1 atom stereocenters. The van der Waals surface area contributed by atoms with Crippen LogP contribution in [-0.4, -0.2) is 80.2 Å². The molecule has 16 heteroatoms. The number of alkyl halides is 6. The van der Waals surface area contributed by atoms with Crippen molar-refractivity contribution in [1.82, 2.24) is 19.4 Å². The van der Waals surface area contributed by atoms with E-state index < -0.39 is 24.3 Å². The number of aliphatic carboxylic acids is 2. The molecule has 2 aromatic heterocycles. The standard InChI is InChI=1S/C20H28N4O2.2C2HF3O2/c1-16-20-22-12-19(15-26-14-18-2-6-21-7-3-18)24(20)9-8-23(16)13-17-4-10-25-11-5-17;2*3-2(4,5)1(6)7/h2-3,6-7,12,16-17H,4-5,8-11,13-15H2,1H3;2*(H,6,7). The van der Waals surface area contributed by atoms with Gasteiger partial charge in [0, 0.05) is 45.2 Å². The molecule has 2 aromatic rings. The minimum Gasteiger partial charge on any atom is -0.475 e. The molecule has 1 fully saturated rings. The summed E-state index contributed by atoms with van der Waals surface area (Å²) in [5, 5.41) is 14.2. The van der Waals surface area contributed by atoms with E-state index in [-0.39, 0.29) is 0 Å². The molecule has 4 rings (SSSR count). The van der Waals surface area contributed by atoms with Crippen LogP contribution in [0.1, 0.15) is 42.9 Å². The number of carboxylic acid groups (broad SMARTS) is 2. The molecular formula is C24H30F6N4O6. The number of carbonyl (C=O) groups is 2. The Morgan fingerprint density at radius 1 is 1.00 bits per heavy atom. The maximum atomic E-state index is 10.6. The van der Waals surface area contributed by atoms with E-state index in [1.807, 2.05) is 18.3 Å². The van der Waals surface area contributed by atoms with Crippen LogP contribution in [0.5, 0.6) is 0 Å². The van der Waals surface area contributed by atoms with E-state index in [1.54, 1.807) is 12.4 Å². The molecule has 1 unspecified atom stereocenters. The molecule has 2 aliphatic rings. The number of pyridine rings is 1. The van der Waals surface area contributed by atoms with E-state index in [0.717, 1.165) is 44.3 Å². The third-order valence-electron chi connectivity index (χ3n) is 6.09. The van der Waals surface area contributed by atoms with Crippen LogP contribution >= 0.6 is 0 Å². The maximum Gasteiger partial charge on any atom is 0.490 e. The van der Waals surface area contributed by atoms with Crippen LogP contribution in [0.2, 0.25) is 0 Å². The first-order valence-corrected chi connectivity index (χ1v) is 12.1. The number of nitrogens with zero attached hydrogens (tertiary/aromatic N) is 4. The highest BCUT2D eigenvalue weighted by molar-refractivity contribution is 5.73. The molecule has 2 N–H and O–H groups in total. The Morgan fingerprint density at radius 2 is 1.55 bits per heavy atom. The minimum atomic E-state index is -5.08. The van der Waals surface area contributed by atoms with Crippen LogP contribution < -0.4 is 0 Å². The second kappa shape index (κ2) is 14.9. The van der Waals surface area contributed by atoms with Crippen molar-refractivity contribution in [3.8, 4) is 0 Å². The van der Waals surface area contributed by atoms with E-state index in [0.29, 0.717) is 19.3 Å². The Labute approximate surface area is 225 Å². The number of rotatable bonds is 6. The number of hydrogen-bond donors (Lipinski definition) is 2. The Kier molecular flexibility index (Phi) is 12.3. The second-order valence-corrected chi connectivity index (χ2v) is 8.94. The summed E-state index contributed by atoms with van der Waals surface area (Å²) < 4.78 is 77.2. The zero-order valence-electron chi connectivity index (χ0n) is 21.5. The lowest BCUT2D eigenvalue weighted by molar-refractivity contribution is -0.193. The number of ether oxygens (including phenoxy) is 2. The molecular weight excluding hydrogens is 554 g/mol. The minimum absolute atomic E-state index is 0.362. The summed E-state index contributed by atoms with van der Waals surface area (Å²) in [6.07, 6.45) is -2.21. The van der Waals surface area contributed by atoms with Crippen molar-refractivity contribution in [2.24, 2.45) is 5.92 Å². The van der Waals surface area contributed by atoms with Crippen LogP contribution in [0.25, 0.3) is 0 Å². The van der Waals surface area contributed by atoms with Gasteiger partial charge in [-0.1, -0.05) is 0 Å². The van der Waals surface area contributed by atoms with Crippen LogP contribution in [0.4, 0.5) is 26.3 Å². The number of imidazole rings is 1. The lowest BCUT2D eigenvalue weighted by Gasteiger charge is -2.37. The lowest BCUT2D eigenvalue weighted by Crippen LogP contribution is -2.41. The number of carboxylic acids is 2. The maximum absolute atomic E-state index is 10.6. The Balaban J connectivity index is 0.000000333. The molecule has 10 nitrogen and oxygen atoms in total. The first-order valence-electron chi connectivity index (χ1n) is 12.1. The quantitative estimate of drug-likeness (QED) is 0.484. The van der Waals surface area contributed by atoms with Crippen LogP contribution in [0, 0.1) is 5.92 Å². The highest BCUT2D eigenvalue weighted by atomic mass is 19.4. The van der Waals surface area contributed by atoms with Crippen molar-refractivity contribution in [2.75, 3.05) is 26.3 Å². The molecule has 2 aliphatic heterocycles. The van der Waals surface area contributed by atoms with Crippen LogP contribution in [0.3, 0.4) is 0 Å². The van der Waals surface area contributed by atoms with Gasteiger partial charge in [0.15, 0.2) is 0 Å². The Morgan fingerprint density at radius 3 is 2.08 bits per heavy atom. The fraction of sp³-hybridized carbons (Fsp3) is 0.583. The van der Waals surface area contributed by atoms with Gasteiger partial charge in [-0.15, -0.1) is 0 Å². The van der Waals surface area contributed by atoms with Crippen molar-refractivity contribution in [2.45, 2.75) is 57.9 Å². The summed E-state index contributed by atoms with van der Waals surface area (Å²) in [7, 11) is 0. The topological polar surface area (TPSA) is 127 Å². The first kappa shape index (κ1) is 33.0. The SMILES string of the molecule is CC1c2ncc(COCc3ccncc3)n2CCN1CC1CCOCC1.O=C(O)C(F)(F)F.O=C(O)C(F)(F)F. The zero-order valence-corrected chi connectivity index (χ0v) is 21.5. The van der Waals surface area contributed by atoms with Gasteiger partial charge in [-0.05, 0) is 43.4 Å². The van der Waals surface area contributed by atoms with Gasteiger partial charge in [0.25, 0.3) is 0 Å².